The molecule has 4 heteroatoms. The molecule has 1 aromatic heterocycles. The van der Waals surface area contributed by atoms with Gasteiger partial charge >= 0.3 is 0 Å². The van der Waals surface area contributed by atoms with Crippen LogP contribution in [0, 0.1) is 11.7 Å². The Labute approximate surface area is 105 Å². The van der Waals surface area contributed by atoms with Crippen molar-refractivity contribution in [1.82, 2.24) is 4.57 Å². The van der Waals surface area contributed by atoms with Crippen molar-refractivity contribution in [3.8, 4) is 5.75 Å². The monoisotopic (exact) mass is 249 g/mol. The molecule has 1 saturated carbocycles. The van der Waals surface area contributed by atoms with Crippen LogP contribution in [0.3, 0.4) is 0 Å². The summed E-state index contributed by atoms with van der Waals surface area (Å²) in [6, 6.07) is 4.72. The molecule has 2 aromatic rings. The topological polar surface area (TPSA) is 34.4 Å². The Balaban J connectivity index is 2.21. The molecule has 1 aliphatic rings. The van der Waals surface area contributed by atoms with Gasteiger partial charge in [0.05, 0.1) is 19.2 Å². The summed E-state index contributed by atoms with van der Waals surface area (Å²) >= 11 is 0. The highest BCUT2D eigenvalue weighted by atomic mass is 19.1. The SMILES string of the molecule is COc1cc(F)cc2cc(CO)n(CC3CC3)c12. The minimum atomic E-state index is -0.313. The summed E-state index contributed by atoms with van der Waals surface area (Å²) < 4.78 is 20.8. The van der Waals surface area contributed by atoms with Crippen LogP contribution >= 0.6 is 0 Å². The van der Waals surface area contributed by atoms with Gasteiger partial charge in [0.15, 0.2) is 0 Å². The molecular formula is C14H16FNO2. The van der Waals surface area contributed by atoms with Crippen LogP contribution in [0.5, 0.6) is 5.75 Å². The summed E-state index contributed by atoms with van der Waals surface area (Å²) in [5.74, 6) is 0.901. The lowest BCUT2D eigenvalue weighted by molar-refractivity contribution is 0.270. The average molecular weight is 249 g/mol. The molecule has 96 valence electrons. The smallest absolute Gasteiger partial charge is 0.146 e. The van der Waals surface area contributed by atoms with E-state index < -0.39 is 0 Å². The first kappa shape index (κ1) is 11.5. The molecule has 0 saturated heterocycles. The van der Waals surface area contributed by atoms with Gasteiger partial charge in [-0.25, -0.2) is 4.39 Å². The number of methoxy groups -OCH3 is 1. The van der Waals surface area contributed by atoms with Crippen LogP contribution in [0.4, 0.5) is 4.39 Å². The lowest BCUT2D eigenvalue weighted by atomic mass is 10.2. The van der Waals surface area contributed by atoms with E-state index in [-0.39, 0.29) is 12.4 Å². The second kappa shape index (κ2) is 4.28. The number of nitrogens with zero attached hydrogens (tertiary/aromatic N) is 1. The lowest BCUT2D eigenvalue weighted by Crippen LogP contribution is -2.05. The van der Waals surface area contributed by atoms with Crippen molar-refractivity contribution in [3.05, 3.63) is 29.7 Å². The molecular weight excluding hydrogens is 233 g/mol. The highest BCUT2D eigenvalue weighted by Crippen LogP contribution is 2.36. The van der Waals surface area contributed by atoms with E-state index in [1.807, 2.05) is 6.07 Å². The number of fused-ring (bicyclic) bond motifs is 1. The van der Waals surface area contributed by atoms with Crippen LogP contribution in [-0.4, -0.2) is 16.8 Å². The first-order chi connectivity index (χ1) is 8.72. The van der Waals surface area contributed by atoms with Gasteiger partial charge in [-0.2, -0.15) is 0 Å². The molecule has 0 bridgehead atoms. The normalized spacial score (nSPS) is 15.3. The van der Waals surface area contributed by atoms with Gasteiger partial charge < -0.3 is 14.4 Å². The standard InChI is InChI=1S/C14H16FNO2/c1-18-13-6-11(15)4-10-5-12(8-17)16(14(10)13)7-9-2-3-9/h4-6,9,17H,2-3,7-8H2,1H3. The Bertz CT molecular complexity index is 587. The highest BCUT2D eigenvalue weighted by molar-refractivity contribution is 5.87. The Morgan fingerprint density at radius 1 is 1.39 bits per heavy atom. The third-order valence-electron chi connectivity index (χ3n) is 3.53. The van der Waals surface area contributed by atoms with Crippen molar-refractivity contribution in [2.75, 3.05) is 7.11 Å². The molecule has 1 heterocycles. The van der Waals surface area contributed by atoms with Crippen molar-refractivity contribution >= 4 is 10.9 Å². The Morgan fingerprint density at radius 2 is 2.17 bits per heavy atom. The Morgan fingerprint density at radius 3 is 2.78 bits per heavy atom. The third kappa shape index (κ3) is 1.86. The van der Waals surface area contributed by atoms with Crippen LogP contribution < -0.4 is 4.74 Å². The summed E-state index contributed by atoms with van der Waals surface area (Å²) in [5.41, 5.74) is 1.70. The lowest BCUT2D eigenvalue weighted by Gasteiger charge is -2.11. The number of halogens is 1. The van der Waals surface area contributed by atoms with Crippen molar-refractivity contribution in [3.63, 3.8) is 0 Å². The van der Waals surface area contributed by atoms with E-state index in [1.165, 1.54) is 25.0 Å². The number of rotatable bonds is 4. The molecule has 1 fully saturated rings. The molecule has 1 N–H and O–H groups in total. The van der Waals surface area contributed by atoms with Crippen LogP contribution in [0.15, 0.2) is 18.2 Å². The van der Waals surface area contributed by atoms with Gasteiger partial charge in [0.25, 0.3) is 0 Å². The van der Waals surface area contributed by atoms with Crippen molar-refractivity contribution < 1.29 is 14.2 Å². The minimum Gasteiger partial charge on any atom is -0.494 e. The number of benzene rings is 1. The fraction of sp³-hybridized carbons (Fsp3) is 0.429. The zero-order valence-corrected chi connectivity index (χ0v) is 10.3. The van der Waals surface area contributed by atoms with E-state index in [1.54, 1.807) is 7.11 Å². The summed E-state index contributed by atoms with van der Waals surface area (Å²) in [7, 11) is 1.54. The maximum atomic E-state index is 13.5. The number of aromatic nitrogens is 1. The molecule has 0 amide bonds. The van der Waals surface area contributed by atoms with E-state index in [0.29, 0.717) is 11.7 Å². The van der Waals surface area contributed by atoms with E-state index in [0.717, 1.165) is 23.1 Å². The van der Waals surface area contributed by atoms with Crippen LogP contribution in [-0.2, 0) is 13.2 Å². The highest BCUT2D eigenvalue weighted by Gasteiger charge is 2.24. The van der Waals surface area contributed by atoms with Crippen LogP contribution in [0.2, 0.25) is 0 Å². The fourth-order valence-electron chi connectivity index (χ4n) is 2.45. The molecule has 18 heavy (non-hydrogen) atoms. The summed E-state index contributed by atoms with van der Waals surface area (Å²) in [4.78, 5) is 0. The summed E-state index contributed by atoms with van der Waals surface area (Å²) in [6.07, 6.45) is 2.46. The van der Waals surface area contributed by atoms with Gasteiger partial charge in [-0.3, -0.25) is 0 Å². The summed E-state index contributed by atoms with van der Waals surface area (Å²) in [5, 5.41) is 10.2. The molecule has 3 nitrogen and oxygen atoms in total. The minimum absolute atomic E-state index is 0.0355. The predicted molar refractivity (Wildman–Crippen MR) is 67.1 cm³/mol. The number of aliphatic hydroxyl groups excluding tert-OH is 1. The molecule has 0 radical (unpaired) electrons. The fourth-order valence-corrected chi connectivity index (χ4v) is 2.45. The average Bonchev–Trinajstić information content (AvgIpc) is 3.10. The van der Waals surface area contributed by atoms with Gasteiger partial charge in [0.1, 0.15) is 11.6 Å². The number of hydrogen-bond acceptors (Lipinski definition) is 2. The van der Waals surface area contributed by atoms with E-state index in [4.69, 9.17) is 4.74 Å². The van der Waals surface area contributed by atoms with Gasteiger partial charge in [-0.05, 0) is 30.9 Å². The third-order valence-corrected chi connectivity index (χ3v) is 3.53. The van der Waals surface area contributed by atoms with Crippen LogP contribution in [0.25, 0.3) is 10.9 Å². The second-order valence-corrected chi connectivity index (χ2v) is 4.89. The summed E-state index contributed by atoms with van der Waals surface area (Å²) in [6.45, 7) is 0.841. The van der Waals surface area contributed by atoms with Crippen LogP contribution in [0.1, 0.15) is 18.5 Å². The zero-order valence-electron chi connectivity index (χ0n) is 10.3. The van der Waals surface area contributed by atoms with Crippen molar-refractivity contribution in [1.29, 1.82) is 0 Å². The van der Waals surface area contributed by atoms with E-state index in [2.05, 4.69) is 4.57 Å². The number of hydrogen-bond donors (Lipinski definition) is 1. The molecule has 0 unspecified atom stereocenters. The molecule has 0 spiro atoms. The zero-order chi connectivity index (χ0) is 12.7. The van der Waals surface area contributed by atoms with E-state index in [9.17, 15) is 9.50 Å². The van der Waals surface area contributed by atoms with Crippen molar-refractivity contribution in [2.24, 2.45) is 5.92 Å². The van der Waals surface area contributed by atoms with Crippen molar-refractivity contribution in [2.45, 2.75) is 26.0 Å². The Kier molecular flexibility index (Phi) is 2.74. The predicted octanol–water partition coefficient (Wildman–Crippen LogP) is 2.69. The Hall–Kier alpha value is -1.55. The molecule has 0 atom stereocenters. The van der Waals surface area contributed by atoms with Gasteiger partial charge in [-0.15, -0.1) is 0 Å². The molecule has 1 aromatic carbocycles. The molecule has 3 rings (SSSR count). The molecule has 0 aliphatic heterocycles. The largest absolute Gasteiger partial charge is 0.494 e. The van der Waals surface area contributed by atoms with Gasteiger partial charge in [-0.1, -0.05) is 0 Å². The quantitative estimate of drug-likeness (QED) is 0.904. The number of ether oxygens (including phenoxy) is 1. The number of aliphatic hydroxyl groups is 1. The second-order valence-electron chi connectivity index (χ2n) is 4.89. The maximum Gasteiger partial charge on any atom is 0.146 e. The first-order valence-electron chi connectivity index (χ1n) is 6.19. The maximum absolute atomic E-state index is 13.5. The van der Waals surface area contributed by atoms with Gasteiger partial charge in [0.2, 0.25) is 0 Å². The molecule has 1 aliphatic carbocycles. The first-order valence-corrected chi connectivity index (χ1v) is 6.19. The van der Waals surface area contributed by atoms with Gasteiger partial charge in [0, 0.05) is 23.7 Å². The van der Waals surface area contributed by atoms with E-state index >= 15 is 0 Å².